The van der Waals surface area contributed by atoms with E-state index in [2.05, 4.69) is 17.2 Å². The zero-order valence-electron chi connectivity index (χ0n) is 12.0. The van der Waals surface area contributed by atoms with E-state index in [0.717, 1.165) is 32.1 Å². The first-order valence-corrected chi connectivity index (χ1v) is 6.82. The Morgan fingerprint density at radius 1 is 1.43 bits per heavy atom. The summed E-state index contributed by atoms with van der Waals surface area (Å²) in [5, 5.41) is 3.33. The lowest BCUT2D eigenvalue weighted by Crippen LogP contribution is -2.41. The van der Waals surface area contributed by atoms with Gasteiger partial charge in [0.25, 0.3) is 5.91 Å². The van der Waals surface area contributed by atoms with E-state index in [-0.39, 0.29) is 36.3 Å². The zero-order valence-corrected chi connectivity index (χ0v) is 13.7. The van der Waals surface area contributed by atoms with Crippen LogP contribution in [0.4, 0.5) is 4.39 Å². The number of carbonyl (C=O) groups is 1. The van der Waals surface area contributed by atoms with Crippen molar-refractivity contribution in [1.29, 1.82) is 0 Å². The first-order chi connectivity index (χ1) is 9.22. The van der Waals surface area contributed by atoms with Crippen molar-refractivity contribution in [2.45, 2.75) is 19.8 Å². The highest BCUT2D eigenvalue weighted by atomic mass is 35.5. The van der Waals surface area contributed by atoms with Gasteiger partial charge >= 0.3 is 0 Å². The van der Waals surface area contributed by atoms with Crippen LogP contribution in [-0.4, -0.2) is 42.0 Å². The van der Waals surface area contributed by atoms with Crippen LogP contribution in [0, 0.1) is 11.7 Å². The molecular formula is C14H22Cl2FN3O. The Bertz CT molecular complexity index is 440. The SMILES string of the molecule is CCNCC1CCN(C(=O)c2ccncc2F)CC1.Cl.Cl. The molecule has 1 N–H and O–H groups in total. The maximum atomic E-state index is 13.5. The van der Waals surface area contributed by atoms with Crippen molar-refractivity contribution in [3.05, 3.63) is 29.8 Å². The van der Waals surface area contributed by atoms with Crippen LogP contribution in [0.15, 0.2) is 18.5 Å². The third-order valence-electron chi connectivity index (χ3n) is 3.59. The van der Waals surface area contributed by atoms with E-state index >= 15 is 0 Å². The molecule has 1 amide bonds. The lowest BCUT2D eigenvalue weighted by molar-refractivity contribution is 0.0685. The van der Waals surface area contributed by atoms with Gasteiger partial charge in [-0.25, -0.2) is 4.39 Å². The molecule has 0 saturated carbocycles. The van der Waals surface area contributed by atoms with E-state index in [9.17, 15) is 9.18 Å². The predicted octanol–water partition coefficient (Wildman–Crippen LogP) is 2.53. The van der Waals surface area contributed by atoms with E-state index in [1.54, 1.807) is 4.90 Å². The second kappa shape index (κ2) is 9.92. The highest BCUT2D eigenvalue weighted by Gasteiger charge is 2.24. The fourth-order valence-electron chi connectivity index (χ4n) is 2.41. The van der Waals surface area contributed by atoms with E-state index in [1.807, 2.05) is 0 Å². The molecule has 120 valence electrons. The van der Waals surface area contributed by atoms with Gasteiger partial charge in [0.2, 0.25) is 0 Å². The molecule has 0 atom stereocenters. The second-order valence-electron chi connectivity index (χ2n) is 4.90. The minimum absolute atomic E-state index is 0. The van der Waals surface area contributed by atoms with Crippen molar-refractivity contribution in [3.63, 3.8) is 0 Å². The molecule has 0 spiro atoms. The topological polar surface area (TPSA) is 45.2 Å². The molecule has 0 unspecified atom stereocenters. The lowest BCUT2D eigenvalue weighted by atomic mass is 9.96. The van der Waals surface area contributed by atoms with E-state index in [0.29, 0.717) is 19.0 Å². The quantitative estimate of drug-likeness (QED) is 0.918. The molecule has 0 bridgehead atoms. The number of rotatable bonds is 4. The summed E-state index contributed by atoms with van der Waals surface area (Å²) in [7, 11) is 0. The van der Waals surface area contributed by atoms with Crippen LogP contribution in [0.5, 0.6) is 0 Å². The van der Waals surface area contributed by atoms with Crippen LogP contribution in [0.3, 0.4) is 0 Å². The van der Waals surface area contributed by atoms with E-state index in [4.69, 9.17) is 0 Å². The number of carbonyl (C=O) groups excluding carboxylic acids is 1. The Kier molecular flexibility index (Phi) is 9.49. The Morgan fingerprint density at radius 3 is 2.67 bits per heavy atom. The molecule has 1 fully saturated rings. The monoisotopic (exact) mass is 337 g/mol. The van der Waals surface area contributed by atoms with Gasteiger partial charge in [-0.3, -0.25) is 9.78 Å². The number of halogens is 3. The van der Waals surface area contributed by atoms with Gasteiger partial charge in [0.15, 0.2) is 5.82 Å². The molecule has 0 aliphatic carbocycles. The molecule has 2 heterocycles. The number of piperidine rings is 1. The summed E-state index contributed by atoms with van der Waals surface area (Å²) >= 11 is 0. The molecule has 2 rings (SSSR count). The average Bonchev–Trinajstić information content (AvgIpc) is 2.45. The summed E-state index contributed by atoms with van der Waals surface area (Å²) < 4.78 is 13.5. The summed E-state index contributed by atoms with van der Waals surface area (Å²) in [6.45, 7) is 5.47. The molecule has 21 heavy (non-hydrogen) atoms. The van der Waals surface area contributed by atoms with Gasteiger partial charge in [0.05, 0.1) is 11.8 Å². The molecule has 0 radical (unpaired) electrons. The average molecular weight is 338 g/mol. The summed E-state index contributed by atoms with van der Waals surface area (Å²) in [6.07, 6.45) is 4.50. The van der Waals surface area contributed by atoms with Crippen molar-refractivity contribution in [2.24, 2.45) is 5.92 Å². The number of aromatic nitrogens is 1. The number of likely N-dealkylation sites (tertiary alicyclic amines) is 1. The van der Waals surface area contributed by atoms with Gasteiger partial charge in [-0.15, -0.1) is 24.8 Å². The third-order valence-corrected chi connectivity index (χ3v) is 3.59. The first-order valence-electron chi connectivity index (χ1n) is 6.82. The second-order valence-corrected chi connectivity index (χ2v) is 4.90. The van der Waals surface area contributed by atoms with Crippen molar-refractivity contribution < 1.29 is 9.18 Å². The van der Waals surface area contributed by atoms with Crippen LogP contribution in [0.2, 0.25) is 0 Å². The number of amides is 1. The smallest absolute Gasteiger partial charge is 0.256 e. The Hall–Kier alpha value is -0.910. The number of hydrogen-bond donors (Lipinski definition) is 1. The Labute approximate surface area is 137 Å². The van der Waals surface area contributed by atoms with Gasteiger partial charge in [-0.05, 0) is 37.9 Å². The fourth-order valence-corrected chi connectivity index (χ4v) is 2.41. The largest absolute Gasteiger partial charge is 0.339 e. The number of hydrogen-bond acceptors (Lipinski definition) is 3. The summed E-state index contributed by atoms with van der Waals surface area (Å²) in [4.78, 5) is 17.6. The summed E-state index contributed by atoms with van der Waals surface area (Å²) in [5.41, 5.74) is 0.125. The number of pyridine rings is 1. The predicted molar refractivity (Wildman–Crippen MR) is 85.9 cm³/mol. The fraction of sp³-hybridized carbons (Fsp3) is 0.571. The minimum Gasteiger partial charge on any atom is -0.339 e. The van der Waals surface area contributed by atoms with Gasteiger partial charge in [-0.1, -0.05) is 6.92 Å². The van der Waals surface area contributed by atoms with Gasteiger partial charge in [-0.2, -0.15) is 0 Å². The molecule has 7 heteroatoms. The normalized spacial score (nSPS) is 15.0. The molecule has 1 aromatic rings. The van der Waals surface area contributed by atoms with Crippen molar-refractivity contribution >= 4 is 30.7 Å². The minimum atomic E-state index is -0.540. The van der Waals surface area contributed by atoms with Crippen molar-refractivity contribution in [1.82, 2.24) is 15.2 Å². The highest BCUT2D eigenvalue weighted by Crippen LogP contribution is 2.19. The Balaban J connectivity index is 0.00000200. The van der Waals surface area contributed by atoms with E-state index in [1.165, 1.54) is 12.3 Å². The molecule has 4 nitrogen and oxygen atoms in total. The van der Waals surface area contributed by atoms with Crippen LogP contribution in [0.1, 0.15) is 30.1 Å². The molecule has 1 saturated heterocycles. The standard InChI is InChI=1S/C14H20FN3O.2ClH/c1-2-16-9-11-4-7-18(8-5-11)14(19)12-3-6-17-10-13(12)15;;/h3,6,10-11,16H,2,4-5,7-9H2,1H3;2*1H. The lowest BCUT2D eigenvalue weighted by Gasteiger charge is -2.32. The first kappa shape index (κ1) is 20.1. The number of nitrogens with one attached hydrogen (secondary N) is 1. The van der Waals surface area contributed by atoms with Crippen LogP contribution < -0.4 is 5.32 Å². The summed E-state index contributed by atoms with van der Waals surface area (Å²) in [6, 6.07) is 1.45. The molecule has 1 aliphatic heterocycles. The zero-order chi connectivity index (χ0) is 13.7. The third kappa shape index (κ3) is 5.41. The van der Waals surface area contributed by atoms with Gasteiger partial charge in [0, 0.05) is 19.3 Å². The van der Waals surface area contributed by atoms with Crippen LogP contribution >= 0.6 is 24.8 Å². The van der Waals surface area contributed by atoms with Crippen LogP contribution in [0.25, 0.3) is 0 Å². The Morgan fingerprint density at radius 2 is 2.10 bits per heavy atom. The van der Waals surface area contributed by atoms with Crippen molar-refractivity contribution in [2.75, 3.05) is 26.2 Å². The van der Waals surface area contributed by atoms with Crippen LogP contribution in [-0.2, 0) is 0 Å². The van der Waals surface area contributed by atoms with E-state index < -0.39 is 5.82 Å². The molecule has 1 aromatic heterocycles. The van der Waals surface area contributed by atoms with Gasteiger partial charge < -0.3 is 10.2 Å². The van der Waals surface area contributed by atoms with Crippen molar-refractivity contribution in [3.8, 4) is 0 Å². The molecule has 1 aliphatic rings. The van der Waals surface area contributed by atoms with Gasteiger partial charge in [0.1, 0.15) is 0 Å². The number of nitrogens with zero attached hydrogens (tertiary/aromatic N) is 2. The molecule has 0 aromatic carbocycles. The maximum absolute atomic E-state index is 13.5. The molecular weight excluding hydrogens is 316 g/mol. The highest BCUT2D eigenvalue weighted by molar-refractivity contribution is 5.94. The summed E-state index contributed by atoms with van der Waals surface area (Å²) in [5.74, 6) is -0.143. The maximum Gasteiger partial charge on any atom is 0.256 e.